The van der Waals surface area contributed by atoms with Crippen LogP contribution in [0.25, 0.3) is 21.7 Å². The number of carbonyl (C=O) groups excluding carboxylic acids is 3. The van der Waals surface area contributed by atoms with Crippen molar-refractivity contribution in [3.8, 4) is 0 Å². The summed E-state index contributed by atoms with van der Waals surface area (Å²) in [6.45, 7) is 5.56. The minimum absolute atomic E-state index is 0.129. The molecule has 49 heavy (non-hydrogen) atoms. The molecule has 9 nitrogen and oxygen atoms in total. The lowest BCUT2D eigenvalue weighted by molar-refractivity contribution is -0.133. The number of nitrogens with one attached hydrogen (secondary N) is 1. The maximum Gasteiger partial charge on any atom is 0.287 e. The molecule has 5 aromatic rings. The fourth-order valence-corrected chi connectivity index (χ4v) is 6.98. The van der Waals surface area contributed by atoms with E-state index < -0.39 is 11.9 Å². The second-order valence-corrected chi connectivity index (χ2v) is 12.9. The topological polar surface area (TPSA) is 103 Å². The second-order valence-electron chi connectivity index (χ2n) is 12.9. The van der Waals surface area contributed by atoms with E-state index in [1.807, 2.05) is 72.5 Å². The Morgan fingerprint density at radius 2 is 1.57 bits per heavy atom. The van der Waals surface area contributed by atoms with Crippen molar-refractivity contribution in [2.75, 3.05) is 37.6 Å². The number of nitrogens with zero attached hydrogens (tertiary/aromatic N) is 3. The number of fused-ring (bicyclic) bond motifs is 2. The molecule has 1 aromatic heterocycles. The molecular weight excluding hydrogens is 616 g/mol. The Bertz CT molecular complexity index is 2100. The van der Waals surface area contributed by atoms with E-state index in [1.54, 1.807) is 17.0 Å². The minimum atomic E-state index is -0.878. The second kappa shape index (κ2) is 14.0. The largest absolute Gasteiger partial charge is 0.451 e. The molecule has 2 aliphatic heterocycles. The number of anilines is 1. The molecular formula is C40H40N4O5. The van der Waals surface area contributed by atoms with Crippen molar-refractivity contribution < 1.29 is 18.8 Å². The molecule has 0 aliphatic carbocycles. The molecule has 9 heteroatoms. The summed E-state index contributed by atoms with van der Waals surface area (Å²) in [4.78, 5) is 59.2. The Morgan fingerprint density at radius 3 is 2.35 bits per heavy atom. The number of benzene rings is 4. The van der Waals surface area contributed by atoms with E-state index in [4.69, 9.17) is 4.42 Å². The van der Waals surface area contributed by atoms with Crippen LogP contribution in [0.1, 0.15) is 47.0 Å². The van der Waals surface area contributed by atoms with E-state index in [1.165, 1.54) is 6.07 Å². The molecule has 0 saturated carbocycles. The maximum atomic E-state index is 14.2. The van der Waals surface area contributed by atoms with Gasteiger partial charge in [-0.2, -0.15) is 0 Å². The molecule has 0 bridgehead atoms. The van der Waals surface area contributed by atoms with Crippen LogP contribution in [0.2, 0.25) is 0 Å². The fourth-order valence-electron chi connectivity index (χ4n) is 6.98. The third-order valence-corrected chi connectivity index (χ3v) is 9.74. The van der Waals surface area contributed by atoms with E-state index in [9.17, 15) is 19.2 Å². The third kappa shape index (κ3) is 6.92. The SMILES string of the molecule is CCc1ccc2oc(C(=O)N[C@H](Cc3ccc4ccccc4c3)C(=O)N3CCN(c4ccccc4CN4CCCC4=O)CC3)cc(=O)c2c1. The minimum Gasteiger partial charge on any atom is -0.451 e. The summed E-state index contributed by atoms with van der Waals surface area (Å²) in [6, 6.07) is 27.9. The first-order valence-corrected chi connectivity index (χ1v) is 17.1. The highest BCUT2D eigenvalue weighted by atomic mass is 16.3. The number of piperazine rings is 1. The molecule has 2 aliphatic rings. The van der Waals surface area contributed by atoms with Crippen LogP contribution in [0.3, 0.4) is 0 Å². The van der Waals surface area contributed by atoms with Crippen LogP contribution in [-0.4, -0.2) is 66.3 Å². The Balaban J connectivity index is 1.11. The normalized spacial score (nSPS) is 15.6. The number of amides is 3. The van der Waals surface area contributed by atoms with Gasteiger partial charge in [0.1, 0.15) is 11.6 Å². The first-order chi connectivity index (χ1) is 23.9. The summed E-state index contributed by atoms with van der Waals surface area (Å²) >= 11 is 0. The number of hydrogen-bond donors (Lipinski definition) is 1. The summed E-state index contributed by atoms with van der Waals surface area (Å²) in [5.41, 5.74) is 4.12. The van der Waals surface area contributed by atoms with Crippen molar-refractivity contribution in [3.63, 3.8) is 0 Å². The zero-order valence-corrected chi connectivity index (χ0v) is 27.7. The molecule has 7 rings (SSSR count). The maximum absolute atomic E-state index is 14.2. The van der Waals surface area contributed by atoms with E-state index in [0.29, 0.717) is 50.1 Å². The average molecular weight is 657 g/mol. The van der Waals surface area contributed by atoms with E-state index in [-0.39, 0.29) is 29.4 Å². The number of hydrogen-bond acceptors (Lipinski definition) is 6. The van der Waals surface area contributed by atoms with Gasteiger partial charge in [-0.1, -0.05) is 73.7 Å². The molecule has 250 valence electrons. The number of para-hydroxylation sites is 1. The number of rotatable bonds is 9. The van der Waals surface area contributed by atoms with Gasteiger partial charge in [-0.25, -0.2) is 0 Å². The summed E-state index contributed by atoms with van der Waals surface area (Å²) in [7, 11) is 0. The predicted octanol–water partition coefficient (Wildman–Crippen LogP) is 5.32. The monoisotopic (exact) mass is 656 g/mol. The summed E-state index contributed by atoms with van der Waals surface area (Å²) in [6.07, 6.45) is 2.55. The Morgan fingerprint density at radius 1 is 0.816 bits per heavy atom. The lowest BCUT2D eigenvalue weighted by atomic mass is 10.0. The van der Waals surface area contributed by atoms with Gasteiger partial charge in [-0.15, -0.1) is 0 Å². The van der Waals surface area contributed by atoms with E-state index in [0.717, 1.165) is 52.5 Å². The lowest BCUT2D eigenvalue weighted by Gasteiger charge is -2.38. The van der Waals surface area contributed by atoms with Gasteiger partial charge in [0.2, 0.25) is 11.8 Å². The summed E-state index contributed by atoms with van der Waals surface area (Å²) in [5, 5.41) is 5.49. The van der Waals surface area contributed by atoms with Gasteiger partial charge in [0.25, 0.3) is 5.91 Å². The summed E-state index contributed by atoms with van der Waals surface area (Å²) in [5.74, 6) is -0.733. The van der Waals surface area contributed by atoms with Gasteiger partial charge < -0.3 is 24.4 Å². The molecule has 4 aromatic carbocycles. The van der Waals surface area contributed by atoms with Gasteiger partial charge >= 0.3 is 0 Å². The molecule has 2 fully saturated rings. The van der Waals surface area contributed by atoms with Crippen LogP contribution in [0.5, 0.6) is 0 Å². The molecule has 1 N–H and O–H groups in total. The van der Waals surface area contributed by atoms with Gasteiger partial charge in [0.05, 0.1) is 5.39 Å². The highest BCUT2D eigenvalue weighted by Gasteiger charge is 2.31. The molecule has 1 atom stereocenters. The average Bonchev–Trinajstić information content (AvgIpc) is 3.54. The molecule has 0 spiro atoms. The first kappa shape index (κ1) is 32.1. The van der Waals surface area contributed by atoms with Crippen molar-refractivity contribution >= 4 is 45.2 Å². The van der Waals surface area contributed by atoms with Crippen LogP contribution in [0.15, 0.2) is 100 Å². The van der Waals surface area contributed by atoms with Crippen LogP contribution in [0.4, 0.5) is 5.69 Å². The number of likely N-dealkylation sites (tertiary alicyclic amines) is 1. The Kier molecular flexibility index (Phi) is 9.15. The lowest BCUT2D eigenvalue weighted by Crippen LogP contribution is -2.55. The summed E-state index contributed by atoms with van der Waals surface area (Å²) < 4.78 is 5.90. The van der Waals surface area contributed by atoms with Gasteiger partial charge in [0, 0.05) is 63.9 Å². The zero-order valence-electron chi connectivity index (χ0n) is 27.7. The molecule has 0 radical (unpaired) electrons. The number of aryl methyl sites for hydroxylation is 1. The zero-order chi connectivity index (χ0) is 33.9. The van der Waals surface area contributed by atoms with E-state index >= 15 is 0 Å². The third-order valence-electron chi connectivity index (χ3n) is 9.74. The van der Waals surface area contributed by atoms with Crippen molar-refractivity contribution in [1.82, 2.24) is 15.1 Å². The van der Waals surface area contributed by atoms with Crippen molar-refractivity contribution in [3.05, 3.63) is 124 Å². The van der Waals surface area contributed by atoms with Crippen LogP contribution >= 0.6 is 0 Å². The first-order valence-electron chi connectivity index (χ1n) is 17.1. The van der Waals surface area contributed by atoms with Crippen LogP contribution in [-0.2, 0) is 29.0 Å². The van der Waals surface area contributed by atoms with E-state index in [2.05, 4.69) is 22.3 Å². The molecule has 0 unspecified atom stereocenters. The number of carbonyl (C=O) groups is 3. The van der Waals surface area contributed by atoms with Gasteiger partial charge in [-0.3, -0.25) is 19.2 Å². The van der Waals surface area contributed by atoms with Gasteiger partial charge in [0.15, 0.2) is 11.2 Å². The fraction of sp³-hybridized carbons (Fsp3) is 0.300. The van der Waals surface area contributed by atoms with Crippen molar-refractivity contribution in [1.29, 1.82) is 0 Å². The Labute approximate surface area is 285 Å². The Hall–Kier alpha value is -5.44. The smallest absolute Gasteiger partial charge is 0.287 e. The quantitative estimate of drug-likeness (QED) is 0.231. The molecule has 3 amide bonds. The standard InChI is InChI=1S/C40H40N4O5/c1-2-27-14-16-36-32(23-27)35(45)25-37(49-36)39(47)41-33(24-28-13-15-29-8-3-4-9-30(29)22-28)40(48)43-20-18-42(19-21-43)34-11-6-5-10-31(34)26-44-17-7-12-38(44)46/h3-6,8-11,13-16,22-23,25,33H,2,7,12,17-21,24,26H2,1H3,(H,41,47)/t33-/m1/s1. The van der Waals surface area contributed by atoms with Gasteiger partial charge in [-0.05, 0) is 58.5 Å². The predicted molar refractivity (Wildman–Crippen MR) is 191 cm³/mol. The highest BCUT2D eigenvalue weighted by Crippen LogP contribution is 2.26. The molecule has 3 heterocycles. The van der Waals surface area contributed by atoms with Crippen molar-refractivity contribution in [2.45, 2.75) is 45.2 Å². The van der Waals surface area contributed by atoms with Crippen LogP contribution in [0, 0.1) is 0 Å². The highest BCUT2D eigenvalue weighted by molar-refractivity contribution is 5.97. The van der Waals surface area contributed by atoms with Crippen LogP contribution < -0.4 is 15.6 Å². The molecule has 2 saturated heterocycles. The van der Waals surface area contributed by atoms with Crippen molar-refractivity contribution in [2.24, 2.45) is 0 Å².